The summed E-state index contributed by atoms with van der Waals surface area (Å²) in [5.74, 6) is -0.210. The predicted molar refractivity (Wildman–Crippen MR) is 45.5 cm³/mol. The first-order chi connectivity index (χ1) is 5.52. The molecule has 3 N–H and O–H groups in total. The minimum absolute atomic E-state index is 0.0518. The minimum atomic E-state index is -1.24. The zero-order valence-corrected chi connectivity index (χ0v) is 7.21. The second-order valence-corrected chi connectivity index (χ2v) is 2.92. The van der Waals surface area contributed by atoms with Crippen LogP contribution in [0.25, 0.3) is 0 Å². The van der Waals surface area contributed by atoms with Crippen LogP contribution in [0.4, 0.5) is 0 Å². The van der Waals surface area contributed by atoms with Crippen molar-refractivity contribution in [3.63, 3.8) is 0 Å². The zero-order valence-electron chi connectivity index (χ0n) is 7.21. The number of carbonyl (C=O) groups excluding carboxylic acids is 1. The van der Waals surface area contributed by atoms with Gasteiger partial charge in [0.1, 0.15) is 5.60 Å². The molecule has 0 fully saturated rings. The highest BCUT2D eigenvalue weighted by atomic mass is 16.3. The van der Waals surface area contributed by atoms with Crippen molar-refractivity contribution < 1.29 is 15.0 Å². The molecule has 0 aromatic rings. The molecule has 4 heteroatoms. The SMILES string of the molecule is C=CCC(=O)NCC(C)(O)CO. The van der Waals surface area contributed by atoms with E-state index in [4.69, 9.17) is 5.11 Å². The van der Waals surface area contributed by atoms with E-state index in [0.717, 1.165) is 0 Å². The molecule has 1 amide bonds. The van der Waals surface area contributed by atoms with Crippen molar-refractivity contribution in [1.82, 2.24) is 5.32 Å². The molecule has 0 saturated heterocycles. The Morgan fingerprint density at radius 1 is 1.75 bits per heavy atom. The van der Waals surface area contributed by atoms with Gasteiger partial charge < -0.3 is 15.5 Å². The molecule has 0 radical (unpaired) electrons. The van der Waals surface area contributed by atoms with Crippen LogP contribution in [0.5, 0.6) is 0 Å². The maximum Gasteiger partial charge on any atom is 0.223 e. The van der Waals surface area contributed by atoms with Crippen molar-refractivity contribution in [1.29, 1.82) is 0 Å². The first-order valence-corrected chi connectivity index (χ1v) is 3.72. The van der Waals surface area contributed by atoms with Gasteiger partial charge in [0.2, 0.25) is 5.91 Å². The third-order valence-corrected chi connectivity index (χ3v) is 1.34. The van der Waals surface area contributed by atoms with E-state index in [0.29, 0.717) is 0 Å². The molecule has 0 spiro atoms. The predicted octanol–water partition coefficient (Wildman–Crippen LogP) is -0.578. The fraction of sp³-hybridized carbons (Fsp3) is 0.625. The van der Waals surface area contributed by atoms with Crippen molar-refractivity contribution in [3.8, 4) is 0 Å². The Labute approximate surface area is 71.9 Å². The second kappa shape index (κ2) is 4.90. The van der Waals surface area contributed by atoms with Gasteiger partial charge in [0, 0.05) is 13.0 Å². The average molecular weight is 173 g/mol. The molecule has 0 rings (SSSR count). The first-order valence-electron chi connectivity index (χ1n) is 3.72. The molecule has 0 bridgehead atoms. The summed E-state index contributed by atoms with van der Waals surface area (Å²) in [7, 11) is 0. The number of aliphatic hydroxyl groups is 2. The van der Waals surface area contributed by atoms with Crippen LogP contribution in [0.15, 0.2) is 12.7 Å². The van der Waals surface area contributed by atoms with E-state index in [9.17, 15) is 9.90 Å². The monoisotopic (exact) mass is 173 g/mol. The molecular formula is C8H15NO3. The lowest BCUT2D eigenvalue weighted by atomic mass is 10.1. The van der Waals surface area contributed by atoms with Crippen LogP contribution < -0.4 is 5.32 Å². The van der Waals surface area contributed by atoms with E-state index in [-0.39, 0.29) is 25.5 Å². The molecule has 70 valence electrons. The molecular weight excluding hydrogens is 158 g/mol. The molecule has 0 aliphatic carbocycles. The van der Waals surface area contributed by atoms with Gasteiger partial charge in [-0.2, -0.15) is 0 Å². The summed E-state index contributed by atoms with van der Waals surface area (Å²) in [4.78, 5) is 10.8. The highest BCUT2D eigenvalue weighted by molar-refractivity contribution is 5.77. The lowest BCUT2D eigenvalue weighted by molar-refractivity contribution is -0.121. The maximum atomic E-state index is 10.8. The number of nitrogens with one attached hydrogen (secondary N) is 1. The van der Waals surface area contributed by atoms with Gasteiger partial charge in [0.15, 0.2) is 0 Å². The highest BCUT2D eigenvalue weighted by Crippen LogP contribution is 1.98. The molecule has 0 aliphatic rings. The van der Waals surface area contributed by atoms with Gasteiger partial charge in [-0.1, -0.05) is 6.08 Å². The van der Waals surface area contributed by atoms with E-state index >= 15 is 0 Å². The van der Waals surface area contributed by atoms with E-state index < -0.39 is 5.60 Å². The smallest absolute Gasteiger partial charge is 0.223 e. The van der Waals surface area contributed by atoms with Gasteiger partial charge in [0.25, 0.3) is 0 Å². The van der Waals surface area contributed by atoms with E-state index in [1.54, 1.807) is 0 Å². The molecule has 1 unspecified atom stereocenters. The maximum absolute atomic E-state index is 10.8. The highest BCUT2D eigenvalue weighted by Gasteiger charge is 2.18. The summed E-state index contributed by atoms with van der Waals surface area (Å²) < 4.78 is 0. The Hall–Kier alpha value is -0.870. The number of aliphatic hydroxyl groups excluding tert-OH is 1. The van der Waals surface area contributed by atoms with E-state index in [2.05, 4.69) is 11.9 Å². The quantitative estimate of drug-likeness (QED) is 0.487. The number of carbonyl (C=O) groups is 1. The summed E-state index contributed by atoms with van der Waals surface area (Å²) in [5, 5.41) is 20.3. The third-order valence-electron chi connectivity index (χ3n) is 1.34. The van der Waals surface area contributed by atoms with Crippen molar-refractivity contribution in [2.45, 2.75) is 18.9 Å². The Bertz CT molecular complexity index is 166. The van der Waals surface area contributed by atoms with Crippen molar-refractivity contribution in [2.24, 2.45) is 0 Å². The van der Waals surface area contributed by atoms with Gasteiger partial charge in [0.05, 0.1) is 6.61 Å². The van der Waals surface area contributed by atoms with Gasteiger partial charge >= 0.3 is 0 Å². The molecule has 12 heavy (non-hydrogen) atoms. The van der Waals surface area contributed by atoms with Crippen LogP contribution >= 0.6 is 0 Å². The fourth-order valence-electron chi connectivity index (χ4n) is 0.548. The average Bonchev–Trinajstić information content (AvgIpc) is 2.02. The Balaban J connectivity index is 3.67. The Morgan fingerprint density at radius 2 is 2.33 bits per heavy atom. The first kappa shape index (κ1) is 11.1. The molecule has 1 atom stereocenters. The number of hydrogen-bond acceptors (Lipinski definition) is 3. The van der Waals surface area contributed by atoms with E-state index in [1.165, 1.54) is 13.0 Å². The lowest BCUT2D eigenvalue weighted by Gasteiger charge is -2.20. The van der Waals surface area contributed by atoms with Gasteiger partial charge in [-0.15, -0.1) is 6.58 Å². The molecule has 0 aromatic carbocycles. The van der Waals surface area contributed by atoms with Gasteiger partial charge in [-0.3, -0.25) is 4.79 Å². The summed E-state index contributed by atoms with van der Waals surface area (Å²) in [6, 6.07) is 0. The van der Waals surface area contributed by atoms with Crippen molar-refractivity contribution >= 4 is 5.91 Å². The van der Waals surface area contributed by atoms with Crippen LogP contribution in [-0.4, -0.2) is 34.9 Å². The molecule has 0 saturated carbocycles. The summed E-state index contributed by atoms with van der Waals surface area (Å²) in [5.41, 5.74) is -1.24. The van der Waals surface area contributed by atoms with Gasteiger partial charge in [-0.05, 0) is 6.92 Å². The number of amides is 1. The normalized spacial score (nSPS) is 14.9. The lowest BCUT2D eigenvalue weighted by Crippen LogP contribution is -2.43. The molecule has 0 heterocycles. The van der Waals surface area contributed by atoms with E-state index in [1.807, 2.05) is 0 Å². The standard InChI is InChI=1S/C8H15NO3/c1-3-4-7(11)9-5-8(2,12)6-10/h3,10,12H,1,4-6H2,2H3,(H,9,11). The molecule has 4 nitrogen and oxygen atoms in total. The summed E-state index contributed by atoms with van der Waals surface area (Å²) in [6.07, 6.45) is 1.70. The molecule has 0 aliphatic heterocycles. The van der Waals surface area contributed by atoms with Crippen molar-refractivity contribution in [3.05, 3.63) is 12.7 Å². The molecule has 0 aromatic heterocycles. The van der Waals surface area contributed by atoms with Crippen LogP contribution in [0.2, 0.25) is 0 Å². The van der Waals surface area contributed by atoms with Crippen LogP contribution in [0.1, 0.15) is 13.3 Å². The zero-order chi connectivity index (χ0) is 9.61. The van der Waals surface area contributed by atoms with Crippen LogP contribution in [0.3, 0.4) is 0 Å². The number of hydrogen-bond donors (Lipinski definition) is 3. The van der Waals surface area contributed by atoms with Crippen LogP contribution in [-0.2, 0) is 4.79 Å². The Kier molecular flexibility index (Phi) is 4.54. The van der Waals surface area contributed by atoms with Crippen molar-refractivity contribution in [2.75, 3.05) is 13.2 Å². The fourth-order valence-corrected chi connectivity index (χ4v) is 0.548. The topological polar surface area (TPSA) is 69.6 Å². The van der Waals surface area contributed by atoms with Crippen LogP contribution in [0, 0.1) is 0 Å². The third kappa shape index (κ3) is 4.87. The van der Waals surface area contributed by atoms with Gasteiger partial charge in [-0.25, -0.2) is 0 Å². The second-order valence-electron chi connectivity index (χ2n) is 2.92. The summed E-state index contributed by atoms with van der Waals surface area (Å²) >= 11 is 0. The Morgan fingerprint density at radius 3 is 2.75 bits per heavy atom. The number of rotatable bonds is 5. The minimum Gasteiger partial charge on any atom is -0.393 e. The largest absolute Gasteiger partial charge is 0.393 e. The summed E-state index contributed by atoms with van der Waals surface area (Å²) in [6.45, 7) is 4.52.